The molecule has 0 saturated heterocycles. The van der Waals surface area contributed by atoms with Crippen LogP contribution in [0.15, 0.2) is 75.9 Å². The van der Waals surface area contributed by atoms with Gasteiger partial charge in [0.2, 0.25) is 5.96 Å². The summed E-state index contributed by atoms with van der Waals surface area (Å²) in [7, 11) is -3.73. The monoisotopic (exact) mass is 355 g/mol. The van der Waals surface area contributed by atoms with E-state index in [1.807, 2.05) is 12.1 Å². The highest BCUT2D eigenvalue weighted by Crippen LogP contribution is 2.26. The van der Waals surface area contributed by atoms with E-state index >= 15 is 0 Å². The smallest absolute Gasteiger partial charge is 0.268 e. The average Bonchev–Trinajstić information content (AvgIpc) is 3.01. The Morgan fingerprint density at radius 2 is 1.60 bits per heavy atom. The first-order valence-electron chi connectivity index (χ1n) is 7.45. The molecule has 3 aromatic rings. The van der Waals surface area contributed by atoms with Gasteiger partial charge in [-0.15, -0.1) is 5.10 Å². The first-order valence-corrected chi connectivity index (χ1v) is 8.89. The molecule has 2 aromatic carbocycles. The van der Waals surface area contributed by atoms with Crippen molar-refractivity contribution in [2.45, 2.75) is 11.8 Å². The highest BCUT2D eigenvalue weighted by Gasteiger charge is 2.21. The van der Waals surface area contributed by atoms with E-state index in [0.717, 1.165) is 5.39 Å². The number of fused-ring (bicyclic) bond motifs is 1. The summed E-state index contributed by atoms with van der Waals surface area (Å²) in [6, 6.07) is 15.4. The minimum atomic E-state index is -3.73. The van der Waals surface area contributed by atoms with Crippen LogP contribution in [0.5, 0.6) is 0 Å². The maximum atomic E-state index is 13.0. The minimum absolute atomic E-state index is 0.167. The van der Waals surface area contributed by atoms with E-state index < -0.39 is 10.0 Å². The molecule has 25 heavy (non-hydrogen) atoms. The van der Waals surface area contributed by atoms with E-state index in [2.05, 4.69) is 10.2 Å². The van der Waals surface area contributed by atoms with Crippen molar-refractivity contribution in [2.75, 3.05) is 0 Å². The van der Waals surface area contributed by atoms with Crippen molar-refractivity contribution in [3.8, 4) is 0 Å². The lowest BCUT2D eigenvalue weighted by molar-refractivity contribution is 0.589. The maximum absolute atomic E-state index is 13.0. The molecule has 4 N–H and O–H groups in total. The molecule has 0 unspecified atom stereocenters. The summed E-state index contributed by atoms with van der Waals surface area (Å²) < 4.78 is 27.3. The topological polar surface area (TPSA) is 116 Å². The Balaban J connectivity index is 2.25. The van der Waals surface area contributed by atoms with Crippen LogP contribution in [0.4, 0.5) is 0 Å². The second-order valence-corrected chi connectivity index (χ2v) is 7.20. The van der Waals surface area contributed by atoms with E-state index in [9.17, 15) is 8.42 Å². The summed E-state index contributed by atoms with van der Waals surface area (Å²) >= 11 is 0. The summed E-state index contributed by atoms with van der Waals surface area (Å²) in [5.41, 5.74) is 12.3. The second kappa shape index (κ2) is 6.40. The van der Waals surface area contributed by atoms with Gasteiger partial charge in [0, 0.05) is 17.1 Å². The van der Waals surface area contributed by atoms with Crippen LogP contribution in [0.2, 0.25) is 0 Å². The van der Waals surface area contributed by atoms with Crippen molar-refractivity contribution < 1.29 is 8.42 Å². The number of rotatable bonds is 4. The van der Waals surface area contributed by atoms with Gasteiger partial charge in [-0.1, -0.05) is 36.4 Å². The highest BCUT2D eigenvalue weighted by atomic mass is 32.2. The van der Waals surface area contributed by atoms with Crippen LogP contribution in [0.3, 0.4) is 0 Å². The largest absolute Gasteiger partial charge is 0.369 e. The Bertz CT molecular complexity index is 1080. The van der Waals surface area contributed by atoms with E-state index in [4.69, 9.17) is 11.5 Å². The van der Waals surface area contributed by atoms with Crippen LogP contribution >= 0.6 is 0 Å². The van der Waals surface area contributed by atoms with Gasteiger partial charge in [-0.3, -0.25) is 0 Å². The van der Waals surface area contributed by atoms with Crippen molar-refractivity contribution in [2.24, 2.45) is 21.7 Å². The molecule has 7 nitrogen and oxygen atoms in total. The highest BCUT2D eigenvalue weighted by molar-refractivity contribution is 7.90. The fraction of sp³-hybridized carbons (Fsp3) is 0.0588. The van der Waals surface area contributed by atoms with Crippen molar-refractivity contribution in [3.63, 3.8) is 0 Å². The molecule has 0 atom stereocenters. The third kappa shape index (κ3) is 3.11. The van der Waals surface area contributed by atoms with Gasteiger partial charge in [0.1, 0.15) is 0 Å². The molecule has 0 amide bonds. The van der Waals surface area contributed by atoms with Crippen molar-refractivity contribution in [1.29, 1.82) is 0 Å². The van der Waals surface area contributed by atoms with Gasteiger partial charge < -0.3 is 11.5 Å². The molecule has 0 radical (unpaired) electrons. The maximum Gasteiger partial charge on any atom is 0.268 e. The van der Waals surface area contributed by atoms with Gasteiger partial charge >= 0.3 is 0 Å². The number of guanidine groups is 1. The molecular weight excluding hydrogens is 338 g/mol. The molecule has 0 saturated carbocycles. The quantitative estimate of drug-likeness (QED) is 0.422. The Kier molecular flexibility index (Phi) is 4.28. The zero-order valence-corrected chi connectivity index (χ0v) is 14.3. The lowest BCUT2D eigenvalue weighted by atomic mass is 10.1. The molecule has 0 fully saturated rings. The number of nitrogens with two attached hydrogens (primary N) is 2. The molecule has 128 valence electrons. The average molecular weight is 355 g/mol. The molecular formula is C17H17N5O2S. The fourth-order valence-electron chi connectivity index (χ4n) is 2.53. The summed E-state index contributed by atoms with van der Waals surface area (Å²) in [5.74, 6) is -0.167. The third-order valence-electron chi connectivity index (χ3n) is 3.68. The molecule has 0 aliphatic heterocycles. The van der Waals surface area contributed by atoms with Gasteiger partial charge in [0.05, 0.1) is 16.1 Å². The first kappa shape index (κ1) is 16.7. The Labute approximate surface area is 145 Å². The van der Waals surface area contributed by atoms with Gasteiger partial charge in [0.15, 0.2) is 0 Å². The summed E-state index contributed by atoms with van der Waals surface area (Å²) in [6.45, 7) is 1.72. The number of nitrogens with zero attached hydrogens (tertiary/aromatic N) is 3. The standard InChI is InChI=1S/C17H17N5O2S/c1-12(20-21-17(18)19)15-11-22(16-10-6-5-9-14(15)16)25(23,24)13-7-3-2-4-8-13/h2-11H,1H3,(H4,18,19,21)/b20-12+. The van der Waals surface area contributed by atoms with E-state index in [1.54, 1.807) is 49.4 Å². The fourth-order valence-corrected chi connectivity index (χ4v) is 3.92. The molecule has 1 heterocycles. The second-order valence-electron chi connectivity index (χ2n) is 5.38. The first-order chi connectivity index (χ1) is 11.9. The zero-order chi connectivity index (χ0) is 18.0. The number of hydrogen-bond acceptors (Lipinski definition) is 4. The van der Waals surface area contributed by atoms with Crippen LogP contribution in [-0.2, 0) is 10.0 Å². The lowest BCUT2D eigenvalue weighted by Crippen LogP contribution is -2.22. The third-order valence-corrected chi connectivity index (χ3v) is 5.37. The molecule has 1 aromatic heterocycles. The molecule has 8 heteroatoms. The predicted molar refractivity (Wildman–Crippen MR) is 99.0 cm³/mol. The van der Waals surface area contributed by atoms with E-state index in [1.165, 1.54) is 10.2 Å². The van der Waals surface area contributed by atoms with Crippen LogP contribution in [0, 0.1) is 0 Å². The van der Waals surface area contributed by atoms with Gasteiger partial charge in [-0.25, -0.2) is 12.4 Å². The van der Waals surface area contributed by atoms with Crippen LogP contribution in [0.25, 0.3) is 10.9 Å². The van der Waals surface area contributed by atoms with E-state index in [0.29, 0.717) is 16.8 Å². The van der Waals surface area contributed by atoms with Crippen molar-refractivity contribution in [1.82, 2.24) is 3.97 Å². The van der Waals surface area contributed by atoms with Gasteiger partial charge in [-0.05, 0) is 25.1 Å². The number of hydrogen-bond donors (Lipinski definition) is 2. The molecule has 0 spiro atoms. The van der Waals surface area contributed by atoms with Crippen LogP contribution in [0.1, 0.15) is 12.5 Å². The SMILES string of the molecule is C/C(=N\N=C(N)N)c1cn(S(=O)(=O)c2ccccc2)c2ccccc12. The Morgan fingerprint density at radius 3 is 2.28 bits per heavy atom. The molecule has 0 aliphatic carbocycles. The van der Waals surface area contributed by atoms with Crippen molar-refractivity contribution >= 4 is 32.6 Å². The minimum Gasteiger partial charge on any atom is -0.369 e. The number of aromatic nitrogens is 1. The molecule has 0 aliphatic rings. The molecule has 0 bridgehead atoms. The number of benzene rings is 2. The van der Waals surface area contributed by atoms with Gasteiger partial charge in [0.25, 0.3) is 10.0 Å². The summed E-state index contributed by atoms with van der Waals surface area (Å²) in [5, 5.41) is 8.34. The lowest BCUT2D eigenvalue weighted by Gasteiger charge is -2.07. The Hall–Kier alpha value is -3.13. The summed E-state index contributed by atoms with van der Waals surface area (Å²) in [4.78, 5) is 0.209. The Morgan fingerprint density at radius 1 is 0.960 bits per heavy atom. The normalized spacial score (nSPS) is 12.3. The predicted octanol–water partition coefficient (Wildman–Crippen LogP) is 1.88. The van der Waals surface area contributed by atoms with Crippen LogP contribution in [-0.4, -0.2) is 24.1 Å². The van der Waals surface area contributed by atoms with Gasteiger partial charge in [-0.2, -0.15) is 5.10 Å². The van der Waals surface area contributed by atoms with E-state index in [-0.39, 0.29) is 10.9 Å². The van der Waals surface area contributed by atoms with Crippen LogP contribution < -0.4 is 11.5 Å². The number of para-hydroxylation sites is 1. The molecule has 3 rings (SSSR count). The van der Waals surface area contributed by atoms with Crippen molar-refractivity contribution in [3.05, 3.63) is 66.4 Å². The summed E-state index contributed by atoms with van der Waals surface area (Å²) in [6.07, 6.45) is 1.54. The zero-order valence-electron chi connectivity index (χ0n) is 13.5.